The largest absolute Gasteiger partial charge is 0.467 e. The van der Waals surface area contributed by atoms with Gasteiger partial charge in [-0.15, -0.1) is 0 Å². The number of rotatable bonds is 4. The molecule has 18 heavy (non-hydrogen) atoms. The van der Waals surface area contributed by atoms with Crippen molar-refractivity contribution in [3.8, 4) is 0 Å². The van der Waals surface area contributed by atoms with Crippen LogP contribution < -0.4 is 10.6 Å². The van der Waals surface area contributed by atoms with Crippen molar-refractivity contribution in [2.45, 2.75) is 6.04 Å². The highest BCUT2D eigenvalue weighted by atomic mass is 16.5. The van der Waals surface area contributed by atoms with Gasteiger partial charge in [-0.25, -0.2) is 4.79 Å². The molecule has 0 saturated carbocycles. The SMILES string of the molecule is COC(=O)C(NC(=O)C1CNC1)c1ccccc1. The highest BCUT2D eigenvalue weighted by Gasteiger charge is 2.30. The highest BCUT2D eigenvalue weighted by Crippen LogP contribution is 2.15. The van der Waals surface area contributed by atoms with Crippen LogP contribution in [0.1, 0.15) is 11.6 Å². The van der Waals surface area contributed by atoms with Crippen LogP contribution in [0, 0.1) is 5.92 Å². The Morgan fingerprint density at radius 2 is 2.00 bits per heavy atom. The first kappa shape index (κ1) is 12.6. The van der Waals surface area contributed by atoms with E-state index < -0.39 is 12.0 Å². The Balaban J connectivity index is 2.10. The lowest BCUT2D eigenvalue weighted by Crippen LogP contribution is -2.52. The fourth-order valence-electron chi connectivity index (χ4n) is 1.78. The van der Waals surface area contributed by atoms with E-state index in [0.717, 1.165) is 5.56 Å². The zero-order chi connectivity index (χ0) is 13.0. The number of carbonyl (C=O) groups is 2. The summed E-state index contributed by atoms with van der Waals surface area (Å²) in [5.74, 6) is -0.629. The normalized spacial score (nSPS) is 16.5. The van der Waals surface area contributed by atoms with Gasteiger partial charge in [0.15, 0.2) is 6.04 Å². The average Bonchev–Trinajstić information content (AvgIpc) is 2.34. The number of ether oxygens (including phenoxy) is 1. The van der Waals surface area contributed by atoms with E-state index in [1.807, 2.05) is 18.2 Å². The molecule has 1 aromatic rings. The summed E-state index contributed by atoms with van der Waals surface area (Å²) in [6, 6.07) is 8.35. The molecule has 1 saturated heterocycles. The zero-order valence-electron chi connectivity index (χ0n) is 10.2. The topological polar surface area (TPSA) is 67.4 Å². The van der Waals surface area contributed by atoms with Crippen LogP contribution in [0.25, 0.3) is 0 Å². The number of hydrogen-bond acceptors (Lipinski definition) is 4. The molecule has 96 valence electrons. The van der Waals surface area contributed by atoms with Gasteiger partial charge in [-0.3, -0.25) is 4.79 Å². The molecule has 1 fully saturated rings. The molecule has 5 nitrogen and oxygen atoms in total. The number of hydrogen-bond donors (Lipinski definition) is 2. The molecular formula is C13H16N2O3. The molecule has 2 rings (SSSR count). The van der Waals surface area contributed by atoms with Crippen molar-refractivity contribution in [3.63, 3.8) is 0 Å². The van der Waals surface area contributed by atoms with Crippen molar-refractivity contribution < 1.29 is 14.3 Å². The number of methoxy groups -OCH3 is 1. The van der Waals surface area contributed by atoms with Crippen molar-refractivity contribution >= 4 is 11.9 Å². The molecular weight excluding hydrogens is 232 g/mol. The molecule has 5 heteroatoms. The summed E-state index contributed by atoms with van der Waals surface area (Å²) >= 11 is 0. The van der Waals surface area contributed by atoms with Gasteiger partial charge in [0.2, 0.25) is 5.91 Å². The second kappa shape index (κ2) is 5.64. The van der Waals surface area contributed by atoms with E-state index in [9.17, 15) is 9.59 Å². The lowest BCUT2D eigenvalue weighted by atomic mass is 10.0. The maximum atomic E-state index is 11.9. The first-order chi connectivity index (χ1) is 8.72. The summed E-state index contributed by atoms with van der Waals surface area (Å²) in [4.78, 5) is 23.6. The van der Waals surface area contributed by atoms with Crippen LogP contribution in [0.2, 0.25) is 0 Å². The molecule has 0 aliphatic carbocycles. The van der Waals surface area contributed by atoms with Crippen LogP contribution in [-0.2, 0) is 14.3 Å². The lowest BCUT2D eigenvalue weighted by Gasteiger charge is -2.27. The van der Waals surface area contributed by atoms with E-state index in [1.54, 1.807) is 12.1 Å². The summed E-state index contributed by atoms with van der Waals surface area (Å²) in [5, 5.41) is 5.75. The van der Waals surface area contributed by atoms with E-state index in [1.165, 1.54) is 7.11 Å². The lowest BCUT2D eigenvalue weighted by molar-refractivity contribution is -0.146. The molecule has 1 atom stereocenters. The van der Waals surface area contributed by atoms with Gasteiger partial charge in [-0.1, -0.05) is 30.3 Å². The van der Waals surface area contributed by atoms with E-state index in [-0.39, 0.29) is 11.8 Å². The van der Waals surface area contributed by atoms with E-state index in [0.29, 0.717) is 13.1 Å². The summed E-state index contributed by atoms with van der Waals surface area (Å²) in [6.45, 7) is 1.32. The Labute approximate surface area is 106 Å². The summed E-state index contributed by atoms with van der Waals surface area (Å²) in [6.07, 6.45) is 0. The van der Waals surface area contributed by atoms with Crippen molar-refractivity contribution in [1.29, 1.82) is 0 Å². The predicted octanol–water partition coefficient (Wildman–Crippen LogP) is 0.236. The maximum Gasteiger partial charge on any atom is 0.333 e. The molecule has 0 spiro atoms. The number of esters is 1. The second-order valence-corrected chi connectivity index (χ2v) is 4.23. The fourth-order valence-corrected chi connectivity index (χ4v) is 1.78. The second-order valence-electron chi connectivity index (χ2n) is 4.23. The van der Waals surface area contributed by atoms with Gasteiger partial charge >= 0.3 is 5.97 Å². The Bertz CT molecular complexity index is 429. The van der Waals surface area contributed by atoms with E-state index in [4.69, 9.17) is 4.74 Å². The van der Waals surface area contributed by atoms with E-state index >= 15 is 0 Å². The van der Waals surface area contributed by atoms with Gasteiger partial charge in [-0.05, 0) is 5.56 Å². The summed E-state index contributed by atoms with van der Waals surface area (Å²) in [7, 11) is 1.31. The Morgan fingerprint density at radius 1 is 1.33 bits per heavy atom. The maximum absolute atomic E-state index is 11.9. The minimum Gasteiger partial charge on any atom is -0.467 e. The monoisotopic (exact) mass is 248 g/mol. The number of amides is 1. The summed E-state index contributed by atoms with van der Waals surface area (Å²) in [5.41, 5.74) is 0.727. The Hall–Kier alpha value is -1.88. The smallest absolute Gasteiger partial charge is 0.333 e. The molecule has 1 aromatic carbocycles. The summed E-state index contributed by atoms with van der Waals surface area (Å²) < 4.78 is 4.73. The molecule has 0 radical (unpaired) electrons. The van der Waals surface area contributed by atoms with Crippen LogP contribution in [0.3, 0.4) is 0 Å². The molecule has 1 unspecified atom stereocenters. The van der Waals surface area contributed by atoms with Gasteiger partial charge in [0.25, 0.3) is 0 Å². The molecule has 1 aliphatic heterocycles. The van der Waals surface area contributed by atoms with Gasteiger partial charge in [0, 0.05) is 13.1 Å². The molecule has 0 aromatic heterocycles. The average molecular weight is 248 g/mol. The standard InChI is InChI=1S/C13H16N2O3/c1-18-13(17)11(9-5-3-2-4-6-9)15-12(16)10-7-14-8-10/h2-6,10-11,14H,7-8H2,1H3,(H,15,16). The van der Waals surface area contributed by atoms with Crippen LogP contribution in [-0.4, -0.2) is 32.1 Å². The first-order valence-corrected chi connectivity index (χ1v) is 5.86. The predicted molar refractivity (Wildman–Crippen MR) is 65.7 cm³/mol. The molecule has 1 amide bonds. The molecule has 1 aliphatic rings. The Kier molecular flexibility index (Phi) is 3.94. The Morgan fingerprint density at radius 3 is 2.50 bits per heavy atom. The van der Waals surface area contributed by atoms with Crippen LogP contribution in [0.4, 0.5) is 0 Å². The number of benzene rings is 1. The third-order valence-corrected chi connectivity index (χ3v) is 3.01. The van der Waals surface area contributed by atoms with Gasteiger partial charge in [0.05, 0.1) is 13.0 Å². The van der Waals surface area contributed by atoms with Gasteiger partial charge < -0.3 is 15.4 Å². The minimum atomic E-state index is -0.732. The van der Waals surface area contributed by atoms with Crippen molar-refractivity contribution in [1.82, 2.24) is 10.6 Å². The third-order valence-electron chi connectivity index (χ3n) is 3.01. The zero-order valence-corrected chi connectivity index (χ0v) is 10.2. The molecule has 2 N–H and O–H groups in total. The minimum absolute atomic E-state index is 0.0548. The van der Waals surface area contributed by atoms with Crippen molar-refractivity contribution in [2.24, 2.45) is 5.92 Å². The van der Waals surface area contributed by atoms with Gasteiger partial charge in [0.1, 0.15) is 0 Å². The van der Waals surface area contributed by atoms with Crippen LogP contribution in [0.5, 0.6) is 0 Å². The molecule has 0 bridgehead atoms. The van der Waals surface area contributed by atoms with Crippen LogP contribution in [0.15, 0.2) is 30.3 Å². The quantitative estimate of drug-likeness (QED) is 0.749. The van der Waals surface area contributed by atoms with Crippen molar-refractivity contribution in [3.05, 3.63) is 35.9 Å². The van der Waals surface area contributed by atoms with E-state index in [2.05, 4.69) is 10.6 Å². The van der Waals surface area contributed by atoms with Gasteiger partial charge in [-0.2, -0.15) is 0 Å². The molecule has 1 heterocycles. The number of carbonyl (C=O) groups excluding carboxylic acids is 2. The first-order valence-electron chi connectivity index (χ1n) is 5.86. The fraction of sp³-hybridized carbons (Fsp3) is 0.385. The van der Waals surface area contributed by atoms with Crippen LogP contribution >= 0.6 is 0 Å². The third kappa shape index (κ3) is 2.68. The highest BCUT2D eigenvalue weighted by molar-refractivity contribution is 5.87. The number of nitrogens with one attached hydrogen (secondary N) is 2. The van der Waals surface area contributed by atoms with Crippen molar-refractivity contribution in [2.75, 3.05) is 20.2 Å².